The monoisotopic (exact) mass is 368 g/mol. The normalized spacial score (nSPS) is 19.4. The summed E-state index contributed by atoms with van der Waals surface area (Å²) >= 11 is 7.70. The van der Waals surface area contributed by atoms with Gasteiger partial charge in [0.1, 0.15) is 5.82 Å². The standard InChI is InChI=1S/C11H11ClFIN2O/c12-8-4-9(13)10(14)3-7(8)11(17)16-6-1-2-15-5-6/h3-4,6,15H,1-2,5H2,(H,16,17). The zero-order valence-electron chi connectivity index (χ0n) is 8.90. The molecule has 1 unspecified atom stereocenters. The predicted octanol–water partition coefficient (Wildman–Crippen LogP) is 2.18. The Labute approximate surface area is 117 Å². The molecule has 0 radical (unpaired) electrons. The Morgan fingerprint density at radius 1 is 1.59 bits per heavy atom. The minimum absolute atomic E-state index is 0.126. The Hall–Kier alpha value is -0.400. The number of hydrogen-bond acceptors (Lipinski definition) is 2. The van der Waals surface area contributed by atoms with Gasteiger partial charge in [-0.25, -0.2) is 4.39 Å². The maximum absolute atomic E-state index is 13.2. The summed E-state index contributed by atoms with van der Waals surface area (Å²) in [7, 11) is 0. The van der Waals surface area contributed by atoms with Crippen molar-refractivity contribution in [2.45, 2.75) is 12.5 Å². The van der Waals surface area contributed by atoms with E-state index >= 15 is 0 Å². The summed E-state index contributed by atoms with van der Waals surface area (Å²) in [5, 5.41) is 6.17. The molecule has 3 nitrogen and oxygen atoms in total. The number of halogens is 3. The van der Waals surface area contributed by atoms with E-state index in [0.717, 1.165) is 19.5 Å². The Bertz CT molecular complexity index is 449. The largest absolute Gasteiger partial charge is 0.348 e. The zero-order chi connectivity index (χ0) is 12.4. The fourth-order valence-corrected chi connectivity index (χ4v) is 2.44. The van der Waals surface area contributed by atoms with Crippen LogP contribution in [0.5, 0.6) is 0 Å². The van der Waals surface area contributed by atoms with E-state index in [1.807, 2.05) is 22.6 Å². The van der Waals surface area contributed by atoms with Crippen LogP contribution in [0.15, 0.2) is 12.1 Å². The molecule has 1 amide bonds. The molecular formula is C11H11ClFIN2O. The average Bonchev–Trinajstić information content (AvgIpc) is 2.76. The van der Waals surface area contributed by atoms with Crippen molar-refractivity contribution in [3.05, 3.63) is 32.1 Å². The summed E-state index contributed by atoms with van der Waals surface area (Å²) in [6.07, 6.45) is 0.904. The number of carbonyl (C=O) groups excluding carboxylic acids is 1. The fraction of sp³-hybridized carbons (Fsp3) is 0.364. The van der Waals surface area contributed by atoms with Crippen molar-refractivity contribution in [1.29, 1.82) is 0 Å². The third-order valence-electron chi connectivity index (χ3n) is 2.65. The van der Waals surface area contributed by atoms with Crippen LogP contribution in [0.3, 0.4) is 0 Å². The van der Waals surface area contributed by atoms with E-state index in [0.29, 0.717) is 9.13 Å². The number of hydrogen-bond donors (Lipinski definition) is 2. The lowest BCUT2D eigenvalue weighted by molar-refractivity contribution is 0.0940. The van der Waals surface area contributed by atoms with Gasteiger partial charge >= 0.3 is 0 Å². The first kappa shape index (κ1) is 13.0. The van der Waals surface area contributed by atoms with Crippen LogP contribution in [0.25, 0.3) is 0 Å². The van der Waals surface area contributed by atoms with Crippen molar-refractivity contribution in [2.24, 2.45) is 0 Å². The van der Waals surface area contributed by atoms with Crippen LogP contribution in [-0.2, 0) is 0 Å². The van der Waals surface area contributed by atoms with Gasteiger partial charge in [-0.05, 0) is 47.7 Å². The molecule has 1 aliphatic heterocycles. The molecule has 1 aromatic rings. The van der Waals surface area contributed by atoms with Gasteiger partial charge in [-0.3, -0.25) is 4.79 Å². The summed E-state index contributed by atoms with van der Waals surface area (Å²) in [6.45, 7) is 1.67. The van der Waals surface area contributed by atoms with Crippen molar-refractivity contribution >= 4 is 40.1 Å². The minimum Gasteiger partial charge on any atom is -0.348 e. The molecule has 0 aromatic heterocycles. The van der Waals surface area contributed by atoms with Crippen LogP contribution < -0.4 is 10.6 Å². The fourth-order valence-electron chi connectivity index (χ4n) is 1.74. The summed E-state index contributed by atoms with van der Waals surface area (Å²) in [6, 6.07) is 2.77. The molecule has 1 atom stereocenters. The highest BCUT2D eigenvalue weighted by molar-refractivity contribution is 14.1. The SMILES string of the molecule is O=C(NC1CCNC1)c1cc(I)c(F)cc1Cl. The highest BCUT2D eigenvalue weighted by Gasteiger charge is 2.20. The quantitative estimate of drug-likeness (QED) is 0.621. The summed E-state index contributed by atoms with van der Waals surface area (Å²) < 4.78 is 13.6. The van der Waals surface area contributed by atoms with E-state index in [2.05, 4.69) is 10.6 Å². The molecule has 1 aromatic carbocycles. The first-order valence-corrected chi connectivity index (χ1v) is 6.69. The smallest absolute Gasteiger partial charge is 0.253 e. The van der Waals surface area contributed by atoms with E-state index in [1.165, 1.54) is 12.1 Å². The Balaban J connectivity index is 2.15. The highest BCUT2D eigenvalue weighted by atomic mass is 127. The lowest BCUT2D eigenvalue weighted by atomic mass is 10.2. The molecular weight excluding hydrogens is 357 g/mol. The van der Waals surface area contributed by atoms with Crippen LogP contribution in [0, 0.1) is 9.39 Å². The van der Waals surface area contributed by atoms with E-state index in [1.54, 1.807) is 0 Å². The van der Waals surface area contributed by atoms with E-state index in [4.69, 9.17) is 11.6 Å². The molecule has 92 valence electrons. The van der Waals surface area contributed by atoms with E-state index in [-0.39, 0.29) is 17.0 Å². The minimum atomic E-state index is -0.408. The van der Waals surface area contributed by atoms with E-state index in [9.17, 15) is 9.18 Å². The lowest BCUT2D eigenvalue weighted by Crippen LogP contribution is -2.36. The van der Waals surface area contributed by atoms with Gasteiger partial charge < -0.3 is 10.6 Å². The second-order valence-electron chi connectivity index (χ2n) is 3.91. The molecule has 1 saturated heterocycles. The maximum Gasteiger partial charge on any atom is 0.253 e. The van der Waals surface area contributed by atoms with Gasteiger partial charge in [0, 0.05) is 16.2 Å². The third kappa shape index (κ3) is 3.08. The first-order valence-electron chi connectivity index (χ1n) is 5.24. The topological polar surface area (TPSA) is 41.1 Å². The maximum atomic E-state index is 13.2. The van der Waals surface area contributed by atoms with Crippen LogP contribution in [0.4, 0.5) is 4.39 Å². The van der Waals surface area contributed by atoms with Crippen molar-refractivity contribution in [2.75, 3.05) is 13.1 Å². The lowest BCUT2D eigenvalue weighted by Gasteiger charge is -2.12. The van der Waals surface area contributed by atoms with Gasteiger partial charge in [0.2, 0.25) is 0 Å². The molecule has 1 heterocycles. The molecule has 0 bridgehead atoms. The van der Waals surface area contributed by atoms with Crippen molar-refractivity contribution in [3.63, 3.8) is 0 Å². The van der Waals surface area contributed by atoms with Crippen molar-refractivity contribution in [1.82, 2.24) is 10.6 Å². The van der Waals surface area contributed by atoms with Gasteiger partial charge in [-0.2, -0.15) is 0 Å². The Morgan fingerprint density at radius 3 is 3.00 bits per heavy atom. The third-order valence-corrected chi connectivity index (χ3v) is 3.79. The second-order valence-corrected chi connectivity index (χ2v) is 5.48. The van der Waals surface area contributed by atoms with Gasteiger partial charge in [0.05, 0.1) is 10.6 Å². The summed E-state index contributed by atoms with van der Waals surface area (Å²) in [4.78, 5) is 11.9. The molecule has 1 fully saturated rings. The van der Waals surface area contributed by atoms with Gasteiger partial charge in [-0.1, -0.05) is 11.6 Å². The van der Waals surface area contributed by atoms with Crippen molar-refractivity contribution < 1.29 is 9.18 Å². The van der Waals surface area contributed by atoms with E-state index < -0.39 is 5.82 Å². The molecule has 2 N–H and O–H groups in total. The number of carbonyl (C=O) groups is 1. The van der Waals surface area contributed by atoms with Gasteiger partial charge in [-0.15, -0.1) is 0 Å². The van der Waals surface area contributed by atoms with Crippen LogP contribution in [-0.4, -0.2) is 25.0 Å². The number of benzene rings is 1. The summed E-state index contributed by atoms with van der Waals surface area (Å²) in [5.41, 5.74) is 0.323. The van der Waals surface area contributed by atoms with Crippen LogP contribution in [0.1, 0.15) is 16.8 Å². The highest BCUT2D eigenvalue weighted by Crippen LogP contribution is 2.22. The van der Waals surface area contributed by atoms with Crippen molar-refractivity contribution in [3.8, 4) is 0 Å². The average molecular weight is 369 g/mol. The summed E-state index contributed by atoms with van der Waals surface area (Å²) in [5.74, 6) is -0.656. The van der Waals surface area contributed by atoms with Crippen LogP contribution >= 0.6 is 34.2 Å². The van der Waals surface area contributed by atoms with Gasteiger partial charge in [0.15, 0.2) is 0 Å². The van der Waals surface area contributed by atoms with Gasteiger partial charge in [0.25, 0.3) is 5.91 Å². The second kappa shape index (κ2) is 5.49. The number of rotatable bonds is 2. The van der Waals surface area contributed by atoms with Crippen LogP contribution in [0.2, 0.25) is 5.02 Å². The molecule has 6 heteroatoms. The molecule has 0 aliphatic carbocycles. The molecule has 1 aliphatic rings. The molecule has 17 heavy (non-hydrogen) atoms. The zero-order valence-corrected chi connectivity index (χ0v) is 11.8. The Morgan fingerprint density at radius 2 is 2.35 bits per heavy atom. The number of nitrogens with one attached hydrogen (secondary N) is 2. The number of amides is 1. The molecule has 0 spiro atoms. The molecule has 0 saturated carbocycles. The predicted molar refractivity (Wildman–Crippen MR) is 72.9 cm³/mol. The first-order chi connectivity index (χ1) is 8.08. The Kier molecular flexibility index (Phi) is 4.22. The molecule has 2 rings (SSSR count).